The lowest BCUT2D eigenvalue weighted by Crippen LogP contribution is -2.46. The molecular formula is C15H32N2O2. The number of hydrogen-bond acceptors (Lipinski definition) is 3. The number of methoxy groups -OCH3 is 1. The Balaban J connectivity index is 4.26. The Morgan fingerprint density at radius 3 is 2.21 bits per heavy atom. The van der Waals surface area contributed by atoms with Crippen LogP contribution in [0.15, 0.2) is 0 Å². The zero-order valence-electron chi connectivity index (χ0n) is 13.5. The van der Waals surface area contributed by atoms with Gasteiger partial charge in [-0.15, -0.1) is 0 Å². The number of nitrogens with two attached hydrogens (primary N) is 1. The Morgan fingerprint density at radius 2 is 1.79 bits per heavy atom. The molecule has 0 heterocycles. The van der Waals surface area contributed by atoms with Crippen LogP contribution in [0.1, 0.15) is 53.9 Å². The van der Waals surface area contributed by atoms with Gasteiger partial charge in [0.2, 0.25) is 5.91 Å². The number of amides is 1. The van der Waals surface area contributed by atoms with Crippen molar-refractivity contribution in [3.8, 4) is 0 Å². The van der Waals surface area contributed by atoms with E-state index in [-0.39, 0.29) is 16.9 Å². The third-order valence-corrected chi connectivity index (χ3v) is 3.44. The van der Waals surface area contributed by atoms with Crippen molar-refractivity contribution in [1.82, 2.24) is 5.32 Å². The van der Waals surface area contributed by atoms with E-state index < -0.39 is 0 Å². The number of nitrogens with one attached hydrogen (secondary N) is 1. The minimum Gasteiger partial charge on any atom is -0.382 e. The normalized spacial score (nSPS) is 14.3. The number of hydrogen-bond donors (Lipinski definition) is 2. The molecule has 19 heavy (non-hydrogen) atoms. The number of carbonyl (C=O) groups excluding carboxylic acids is 1. The SMILES string of the molecule is COCC(C)(C)NC(=O)CCC(CCN)C(C)(C)C. The van der Waals surface area contributed by atoms with Crippen LogP contribution >= 0.6 is 0 Å². The highest BCUT2D eigenvalue weighted by Gasteiger charge is 2.26. The van der Waals surface area contributed by atoms with Crippen molar-refractivity contribution in [3.05, 3.63) is 0 Å². The zero-order valence-corrected chi connectivity index (χ0v) is 13.5. The molecule has 0 aliphatic carbocycles. The van der Waals surface area contributed by atoms with E-state index in [0.29, 0.717) is 25.5 Å². The van der Waals surface area contributed by atoms with Crippen LogP contribution in [0.5, 0.6) is 0 Å². The second kappa shape index (κ2) is 7.85. The fourth-order valence-electron chi connectivity index (χ4n) is 2.35. The lowest BCUT2D eigenvalue weighted by atomic mass is 9.76. The molecule has 0 aromatic carbocycles. The highest BCUT2D eigenvalue weighted by Crippen LogP contribution is 2.32. The van der Waals surface area contributed by atoms with Crippen LogP contribution in [-0.2, 0) is 9.53 Å². The Hall–Kier alpha value is -0.610. The van der Waals surface area contributed by atoms with Gasteiger partial charge in [0.05, 0.1) is 12.1 Å². The maximum absolute atomic E-state index is 12.0. The third kappa shape index (κ3) is 8.22. The van der Waals surface area contributed by atoms with Gasteiger partial charge in [-0.05, 0) is 44.6 Å². The number of rotatable bonds is 8. The summed E-state index contributed by atoms with van der Waals surface area (Å²) in [7, 11) is 1.64. The van der Waals surface area contributed by atoms with Crippen LogP contribution in [0.25, 0.3) is 0 Å². The number of ether oxygens (including phenoxy) is 1. The second-order valence-electron chi connectivity index (χ2n) is 7.04. The molecule has 4 heteroatoms. The largest absolute Gasteiger partial charge is 0.382 e. The average Bonchev–Trinajstić information content (AvgIpc) is 2.21. The Kier molecular flexibility index (Phi) is 7.60. The van der Waals surface area contributed by atoms with Crippen molar-refractivity contribution in [2.45, 2.75) is 59.4 Å². The second-order valence-corrected chi connectivity index (χ2v) is 7.04. The molecule has 0 saturated carbocycles. The van der Waals surface area contributed by atoms with Crippen molar-refractivity contribution in [1.29, 1.82) is 0 Å². The summed E-state index contributed by atoms with van der Waals surface area (Å²) < 4.78 is 5.09. The molecule has 114 valence electrons. The molecule has 1 amide bonds. The van der Waals surface area contributed by atoms with E-state index in [1.54, 1.807) is 7.11 Å². The summed E-state index contributed by atoms with van der Waals surface area (Å²) >= 11 is 0. The van der Waals surface area contributed by atoms with E-state index in [2.05, 4.69) is 26.1 Å². The molecule has 0 aliphatic rings. The summed E-state index contributed by atoms with van der Waals surface area (Å²) in [6, 6.07) is 0. The van der Waals surface area contributed by atoms with Crippen LogP contribution in [0.2, 0.25) is 0 Å². The smallest absolute Gasteiger partial charge is 0.220 e. The van der Waals surface area contributed by atoms with Gasteiger partial charge < -0.3 is 15.8 Å². The van der Waals surface area contributed by atoms with E-state index in [4.69, 9.17) is 10.5 Å². The summed E-state index contributed by atoms with van der Waals surface area (Å²) in [6.07, 6.45) is 2.41. The van der Waals surface area contributed by atoms with Crippen molar-refractivity contribution >= 4 is 5.91 Å². The molecule has 0 bridgehead atoms. The summed E-state index contributed by atoms with van der Waals surface area (Å²) in [4.78, 5) is 12.0. The standard InChI is InChI=1S/C15H32N2O2/c1-14(2,3)12(9-10-16)7-8-13(18)17-15(4,5)11-19-6/h12H,7-11,16H2,1-6H3,(H,17,18). The lowest BCUT2D eigenvalue weighted by Gasteiger charge is -2.31. The predicted octanol–water partition coefficient (Wildman–Crippen LogP) is 2.32. The van der Waals surface area contributed by atoms with Crippen LogP contribution in [-0.4, -0.2) is 31.7 Å². The Labute approximate surface area is 118 Å². The van der Waals surface area contributed by atoms with Gasteiger partial charge in [-0.25, -0.2) is 0 Å². The molecule has 1 unspecified atom stereocenters. The maximum Gasteiger partial charge on any atom is 0.220 e. The fraction of sp³-hybridized carbons (Fsp3) is 0.933. The molecular weight excluding hydrogens is 240 g/mol. The first-order chi connectivity index (χ1) is 8.62. The minimum absolute atomic E-state index is 0.0910. The first-order valence-electron chi connectivity index (χ1n) is 7.12. The Morgan fingerprint density at radius 1 is 1.21 bits per heavy atom. The van der Waals surface area contributed by atoms with Crippen LogP contribution < -0.4 is 11.1 Å². The molecule has 3 N–H and O–H groups in total. The molecule has 0 aromatic rings. The van der Waals surface area contributed by atoms with Gasteiger partial charge in [0.15, 0.2) is 0 Å². The van der Waals surface area contributed by atoms with Gasteiger partial charge in [-0.1, -0.05) is 20.8 Å². The topological polar surface area (TPSA) is 64.3 Å². The summed E-state index contributed by atoms with van der Waals surface area (Å²) in [5.74, 6) is 0.571. The molecule has 0 rings (SSSR count). The summed E-state index contributed by atoms with van der Waals surface area (Å²) in [6.45, 7) is 11.8. The molecule has 0 aromatic heterocycles. The minimum atomic E-state index is -0.309. The van der Waals surface area contributed by atoms with Crippen molar-refractivity contribution in [2.75, 3.05) is 20.3 Å². The first-order valence-corrected chi connectivity index (χ1v) is 7.12. The van der Waals surface area contributed by atoms with E-state index in [1.165, 1.54) is 0 Å². The van der Waals surface area contributed by atoms with Gasteiger partial charge in [0.1, 0.15) is 0 Å². The molecule has 0 aliphatic heterocycles. The molecule has 0 fully saturated rings. The third-order valence-electron chi connectivity index (χ3n) is 3.44. The van der Waals surface area contributed by atoms with Gasteiger partial charge in [0, 0.05) is 13.5 Å². The Bertz CT molecular complexity index is 270. The van der Waals surface area contributed by atoms with Crippen LogP contribution in [0, 0.1) is 11.3 Å². The van der Waals surface area contributed by atoms with E-state index in [1.807, 2.05) is 13.8 Å². The summed E-state index contributed by atoms with van der Waals surface area (Å²) in [5.41, 5.74) is 5.54. The van der Waals surface area contributed by atoms with E-state index in [9.17, 15) is 4.79 Å². The van der Waals surface area contributed by atoms with Crippen LogP contribution in [0.4, 0.5) is 0 Å². The first kappa shape index (κ1) is 18.4. The van der Waals surface area contributed by atoms with Crippen LogP contribution in [0.3, 0.4) is 0 Å². The molecule has 0 saturated heterocycles. The zero-order chi connectivity index (χ0) is 15.1. The van der Waals surface area contributed by atoms with Crippen molar-refractivity contribution < 1.29 is 9.53 Å². The average molecular weight is 272 g/mol. The quantitative estimate of drug-likeness (QED) is 0.712. The van der Waals surface area contributed by atoms with Gasteiger partial charge >= 0.3 is 0 Å². The van der Waals surface area contributed by atoms with Gasteiger partial charge in [0.25, 0.3) is 0 Å². The van der Waals surface area contributed by atoms with Crippen molar-refractivity contribution in [3.63, 3.8) is 0 Å². The highest BCUT2D eigenvalue weighted by atomic mass is 16.5. The summed E-state index contributed by atoms with van der Waals surface area (Å²) in [5, 5.41) is 3.01. The van der Waals surface area contributed by atoms with E-state index in [0.717, 1.165) is 12.8 Å². The maximum atomic E-state index is 12.0. The van der Waals surface area contributed by atoms with Gasteiger partial charge in [-0.2, -0.15) is 0 Å². The predicted molar refractivity (Wildman–Crippen MR) is 79.9 cm³/mol. The molecule has 1 atom stereocenters. The monoisotopic (exact) mass is 272 g/mol. The molecule has 0 radical (unpaired) electrons. The fourth-order valence-corrected chi connectivity index (χ4v) is 2.35. The molecule has 4 nitrogen and oxygen atoms in total. The molecule has 0 spiro atoms. The van der Waals surface area contributed by atoms with Crippen molar-refractivity contribution in [2.24, 2.45) is 17.1 Å². The lowest BCUT2D eigenvalue weighted by molar-refractivity contribution is -0.123. The van der Waals surface area contributed by atoms with E-state index >= 15 is 0 Å². The number of carbonyl (C=O) groups is 1. The van der Waals surface area contributed by atoms with Gasteiger partial charge in [-0.3, -0.25) is 4.79 Å². The highest BCUT2D eigenvalue weighted by molar-refractivity contribution is 5.76.